The normalized spacial score (nSPS) is 33.7. The number of rotatable bonds is 5. The standard InChI is InChI=1S/C35H37FN4O4S/c1-33-15-19-17-37-40(22-6-4-21(36)5-7-22)28(19)13-20(33)3-9-24-25-11-12-35(44,34(25,2)16-29(42)31(24)33)30(43)18-45-32-38-26-10-8-23(41)14-27(26)39-32/h4-8,10,13-14,17,24-25,29,31,41-42,44H,3,9,11-12,15-16,18H2,1-2H3,(H,38,39). The zero-order chi connectivity index (χ0) is 31.3. The van der Waals surface area contributed by atoms with Crippen LogP contribution in [0.1, 0.15) is 57.2 Å². The van der Waals surface area contributed by atoms with Crippen molar-refractivity contribution in [2.75, 3.05) is 5.75 Å². The monoisotopic (exact) mass is 628 g/mol. The number of nitrogens with one attached hydrogen (secondary N) is 1. The van der Waals surface area contributed by atoms with E-state index in [4.69, 9.17) is 0 Å². The number of aliphatic hydroxyl groups excluding tert-OH is 1. The molecule has 7 atom stereocenters. The summed E-state index contributed by atoms with van der Waals surface area (Å²) in [7, 11) is 0. The molecule has 45 heavy (non-hydrogen) atoms. The summed E-state index contributed by atoms with van der Waals surface area (Å²) in [5.41, 5.74) is 3.14. The fourth-order valence-corrected chi connectivity index (χ4v) is 10.6. The lowest BCUT2D eigenvalue weighted by Crippen LogP contribution is -2.62. The van der Waals surface area contributed by atoms with Crippen molar-refractivity contribution in [1.82, 2.24) is 19.7 Å². The fourth-order valence-electron chi connectivity index (χ4n) is 9.73. The van der Waals surface area contributed by atoms with Gasteiger partial charge in [0.15, 0.2) is 10.9 Å². The number of H-pyrrole nitrogens is 1. The van der Waals surface area contributed by atoms with Crippen molar-refractivity contribution >= 4 is 34.7 Å². The molecule has 3 fully saturated rings. The van der Waals surface area contributed by atoms with Crippen molar-refractivity contribution < 1.29 is 24.5 Å². The number of phenolic OH excluding ortho intramolecular Hbond substituents is 1. The smallest absolute Gasteiger partial charge is 0.175 e. The number of halogens is 1. The van der Waals surface area contributed by atoms with Crippen LogP contribution in [0.15, 0.2) is 59.4 Å². The number of carbonyl (C=O) groups excluding carboxylic acids is 1. The number of hydrogen-bond acceptors (Lipinski definition) is 7. The first kappa shape index (κ1) is 29.0. The first-order valence-corrected chi connectivity index (χ1v) is 16.8. The van der Waals surface area contributed by atoms with Crippen LogP contribution in [0.3, 0.4) is 0 Å². The quantitative estimate of drug-likeness (QED) is 0.205. The Balaban J connectivity index is 1.04. The fraction of sp³-hybridized carbons (Fsp3) is 0.457. The van der Waals surface area contributed by atoms with Crippen LogP contribution in [-0.2, 0) is 11.2 Å². The second-order valence-corrected chi connectivity index (χ2v) is 15.0. The largest absolute Gasteiger partial charge is 0.508 e. The average molecular weight is 629 g/mol. The molecule has 8 nitrogen and oxygen atoms in total. The first-order chi connectivity index (χ1) is 21.5. The minimum absolute atomic E-state index is 0.0108. The number of fused-ring (bicyclic) bond motifs is 7. The van der Waals surface area contributed by atoms with Gasteiger partial charge in [0, 0.05) is 11.5 Å². The van der Waals surface area contributed by atoms with Gasteiger partial charge in [-0.25, -0.2) is 14.1 Å². The van der Waals surface area contributed by atoms with Gasteiger partial charge < -0.3 is 20.3 Å². The highest BCUT2D eigenvalue weighted by Crippen LogP contribution is 2.67. The summed E-state index contributed by atoms with van der Waals surface area (Å²) in [4.78, 5) is 21.5. The number of aromatic nitrogens is 4. The van der Waals surface area contributed by atoms with Crippen LogP contribution in [0.5, 0.6) is 5.75 Å². The Hall–Kier alpha value is -3.47. The lowest BCUT2D eigenvalue weighted by molar-refractivity contribution is -0.177. The number of carbonyl (C=O) groups is 1. The molecule has 4 aliphatic carbocycles. The number of allylic oxidation sites excluding steroid dienone is 1. The minimum Gasteiger partial charge on any atom is -0.508 e. The summed E-state index contributed by atoms with van der Waals surface area (Å²) < 4.78 is 15.5. The first-order valence-electron chi connectivity index (χ1n) is 15.8. The number of Topliss-reactive ketones (excluding diaryl/α,β-unsaturated/α-hetero) is 1. The van der Waals surface area contributed by atoms with Gasteiger partial charge in [0.1, 0.15) is 17.2 Å². The summed E-state index contributed by atoms with van der Waals surface area (Å²) >= 11 is 1.26. The molecular formula is C35H37FN4O4S. The summed E-state index contributed by atoms with van der Waals surface area (Å²) in [6, 6.07) is 11.3. The van der Waals surface area contributed by atoms with E-state index in [0.717, 1.165) is 42.6 Å². The van der Waals surface area contributed by atoms with E-state index in [0.29, 0.717) is 29.0 Å². The number of aliphatic hydroxyl groups is 2. The number of hydrogen-bond donors (Lipinski definition) is 4. The number of ketones is 1. The van der Waals surface area contributed by atoms with Gasteiger partial charge in [0.25, 0.3) is 0 Å². The SMILES string of the molecule is CC12Cc3cnn(-c4ccc(F)cc4)c3C=C1CCC1C2C(O)CC2(C)C1CCC2(O)C(=O)CSc1nc2ccc(O)cc2[nH]1. The van der Waals surface area contributed by atoms with Gasteiger partial charge in [-0.2, -0.15) is 5.10 Å². The second-order valence-electron chi connectivity index (χ2n) is 14.1. The number of nitrogens with zero attached hydrogens (tertiary/aromatic N) is 3. The second kappa shape index (κ2) is 10.0. The van der Waals surface area contributed by atoms with Crippen LogP contribution >= 0.6 is 11.8 Å². The number of aromatic amines is 1. The van der Waals surface area contributed by atoms with E-state index in [1.54, 1.807) is 30.3 Å². The average Bonchev–Trinajstić information content (AvgIpc) is 3.68. The number of imidazole rings is 1. The lowest BCUT2D eigenvalue weighted by Gasteiger charge is -2.60. The van der Waals surface area contributed by atoms with Gasteiger partial charge in [-0.1, -0.05) is 31.2 Å². The Morgan fingerprint density at radius 3 is 2.78 bits per heavy atom. The lowest BCUT2D eigenvalue weighted by atomic mass is 9.45. The number of aromatic hydroxyl groups is 1. The van der Waals surface area contributed by atoms with Crippen molar-refractivity contribution in [2.24, 2.45) is 28.6 Å². The molecule has 234 valence electrons. The Morgan fingerprint density at radius 2 is 1.98 bits per heavy atom. The van der Waals surface area contributed by atoms with E-state index < -0.39 is 17.1 Å². The van der Waals surface area contributed by atoms with Crippen molar-refractivity contribution in [3.05, 3.63) is 71.3 Å². The van der Waals surface area contributed by atoms with Crippen molar-refractivity contribution in [3.63, 3.8) is 0 Å². The molecule has 0 amide bonds. The molecular weight excluding hydrogens is 591 g/mol. The Kier molecular flexibility index (Phi) is 6.45. The highest BCUT2D eigenvalue weighted by molar-refractivity contribution is 7.99. The van der Waals surface area contributed by atoms with E-state index in [1.165, 1.54) is 29.5 Å². The molecule has 4 aliphatic rings. The predicted molar refractivity (Wildman–Crippen MR) is 169 cm³/mol. The van der Waals surface area contributed by atoms with Crippen molar-refractivity contribution in [3.8, 4) is 11.4 Å². The summed E-state index contributed by atoms with van der Waals surface area (Å²) in [6.07, 6.45) is 7.53. The molecule has 3 saturated carbocycles. The van der Waals surface area contributed by atoms with Gasteiger partial charge in [0.05, 0.1) is 40.5 Å². The molecule has 4 aromatic rings. The zero-order valence-corrected chi connectivity index (χ0v) is 26.1. The van der Waals surface area contributed by atoms with Crippen LogP contribution in [0.25, 0.3) is 22.8 Å². The zero-order valence-electron chi connectivity index (χ0n) is 25.3. The molecule has 0 bridgehead atoms. The van der Waals surface area contributed by atoms with Gasteiger partial charge in [0.2, 0.25) is 0 Å². The Morgan fingerprint density at radius 1 is 1.18 bits per heavy atom. The summed E-state index contributed by atoms with van der Waals surface area (Å²) in [6.45, 7) is 4.30. The molecule has 2 aromatic heterocycles. The molecule has 0 aliphatic heterocycles. The molecule has 8 rings (SSSR count). The molecule has 4 N–H and O–H groups in total. The van der Waals surface area contributed by atoms with E-state index in [1.807, 2.05) is 17.8 Å². The molecule has 2 aromatic carbocycles. The maximum absolute atomic E-state index is 13.8. The van der Waals surface area contributed by atoms with Crippen molar-refractivity contribution in [2.45, 2.75) is 69.2 Å². The molecule has 7 unspecified atom stereocenters. The predicted octanol–water partition coefficient (Wildman–Crippen LogP) is 5.84. The molecule has 0 radical (unpaired) electrons. The van der Waals surface area contributed by atoms with Crippen LogP contribution in [0.2, 0.25) is 0 Å². The molecule has 2 heterocycles. The van der Waals surface area contributed by atoms with Crippen LogP contribution in [-0.4, -0.2) is 58.3 Å². The van der Waals surface area contributed by atoms with Crippen LogP contribution in [0, 0.1) is 34.4 Å². The molecule has 10 heteroatoms. The number of benzene rings is 2. The highest BCUT2D eigenvalue weighted by atomic mass is 32.2. The van der Waals surface area contributed by atoms with E-state index in [9.17, 15) is 24.5 Å². The Bertz CT molecular complexity index is 1870. The van der Waals surface area contributed by atoms with Gasteiger partial charge >= 0.3 is 0 Å². The van der Waals surface area contributed by atoms with E-state index in [-0.39, 0.29) is 46.3 Å². The minimum atomic E-state index is -1.52. The van der Waals surface area contributed by atoms with Crippen LogP contribution < -0.4 is 0 Å². The third-order valence-electron chi connectivity index (χ3n) is 11.9. The molecule has 0 saturated heterocycles. The van der Waals surface area contributed by atoms with Crippen LogP contribution in [0.4, 0.5) is 4.39 Å². The van der Waals surface area contributed by atoms with Gasteiger partial charge in [-0.3, -0.25) is 4.79 Å². The third kappa shape index (κ3) is 4.21. The number of phenols is 1. The topological polar surface area (TPSA) is 124 Å². The van der Waals surface area contributed by atoms with Gasteiger partial charge in [-0.05, 0) is 110 Å². The third-order valence-corrected chi connectivity index (χ3v) is 12.8. The summed E-state index contributed by atoms with van der Waals surface area (Å²) in [5, 5.41) is 39.1. The summed E-state index contributed by atoms with van der Waals surface area (Å²) in [5.74, 6) is 0.0316. The maximum atomic E-state index is 13.8. The van der Waals surface area contributed by atoms with E-state index >= 15 is 0 Å². The molecule has 0 spiro atoms. The Labute approximate surface area is 264 Å². The van der Waals surface area contributed by atoms with Gasteiger partial charge in [-0.15, -0.1) is 0 Å². The van der Waals surface area contributed by atoms with E-state index in [2.05, 4.69) is 28.1 Å². The van der Waals surface area contributed by atoms with Crippen molar-refractivity contribution in [1.29, 1.82) is 0 Å². The maximum Gasteiger partial charge on any atom is 0.175 e. The highest BCUT2D eigenvalue weighted by Gasteiger charge is 2.68. The number of thioether (sulfide) groups is 1.